The van der Waals surface area contributed by atoms with Gasteiger partial charge in [-0.25, -0.2) is 4.68 Å². The topological polar surface area (TPSA) is 67.2 Å². The predicted octanol–water partition coefficient (Wildman–Crippen LogP) is 6.80. The quantitative estimate of drug-likeness (QED) is 0.245. The van der Waals surface area contributed by atoms with E-state index in [4.69, 9.17) is 5.10 Å². The van der Waals surface area contributed by atoms with E-state index < -0.39 is 0 Å². The first-order chi connectivity index (χ1) is 17.9. The van der Waals surface area contributed by atoms with Gasteiger partial charge < -0.3 is 10.2 Å². The number of amides is 2. The third-order valence-electron chi connectivity index (χ3n) is 6.20. The molecule has 0 bridgehead atoms. The SMILES string of the molecule is CCCCN(CC(=O)Nc1c(-c2ccccc2)c(C)nn1-c1ccccc1C)C(=O)c1cccc(Br)c1. The van der Waals surface area contributed by atoms with Gasteiger partial charge in [0.25, 0.3) is 5.91 Å². The summed E-state index contributed by atoms with van der Waals surface area (Å²) in [7, 11) is 0. The first kappa shape index (κ1) is 26.4. The maximum Gasteiger partial charge on any atom is 0.254 e. The summed E-state index contributed by atoms with van der Waals surface area (Å²) in [6.45, 7) is 6.46. The minimum absolute atomic E-state index is 0.0580. The van der Waals surface area contributed by atoms with Gasteiger partial charge in [-0.2, -0.15) is 5.10 Å². The average Bonchev–Trinajstić information content (AvgIpc) is 3.21. The Morgan fingerprint density at radius 2 is 1.70 bits per heavy atom. The van der Waals surface area contributed by atoms with Gasteiger partial charge in [0, 0.05) is 22.1 Å². The van der Waals surface area contributed by atoms with Crippen LogP contribution in [0.3, 0.4) is 0 Å². The van der Waals surface area contributed by atoms with Gasteiger partial charge >= 0.3 is 0 Å². The lowest BCUT2D eigenvalue weighted by Crippen LogP contribution is -2.39. The Morgan fingerprint density at radius 1 is 0.973 bits per heavy atom. The van der Waals surface area contributed by atoms with Gasteiger partial charge in [-0.05, 0) is 55.7 Å². The Bertz CT molecular complexity index is 1400. The molecule has 6 nitrogen and oxygen atoms in total. The van der Waals surface area contributed by atoms with Crippen LogP contribution in [0.4, 0.5) is 5.82 Å². The minimum atomic E-state index is -0.272. The molecule has 37 heavy (non-hydrogen) atoms. The number of aromatic nitrogens is 2. The molecule has 2 amide bonds. The molecular formula is C30H31BrN4O2. The zero-order valence-electron chi connectivity index (χ0n) is 21.4. The average molecular weight is 560 g/mol. The predicted molar refractivity (Wildman–Crippen MR) is 152 cm³/mol. The molecule has 0 aliphatic carbocycles. The van der Waals surface area contributed by atoms with Crippen LogP contribution in [0, 0.1) is 13.8 Å². The van der Waals surface area contributed by atoms with Crippen molar-refractivity contribution in [3.05, 3.63) is 100 Å². The number of para-hydroxylation sites is 1. The molecule has 0 radical (unpaired) electrons. The van der Waals surface area contributed by atoms with Crippen molar-refractivity contribution in [1.82, 2.24) is 14.7 Å². The molecule has 0 saturated carbocycles. The fourth-order valence-corrected chi connectivity index (χ4v) is 4.72. The van der Waals surface area contributed by atoms with Crippen LogP contribution in [0.25, 0.3) is 16.8 Å². The Labute approximate surface area is 226 Å². The first-order valence-electron chi connectivity index (χ1n) is 12.4. The van der Waals surface area contributed by atoms with Gasteiger partial charge in [-0.1, -0.05) is 83.9 Å². The summed E-state index contributed by atoms with van der Waals surface area (Å²) in [5, 5.41) is 7.92. The highest BCUT2D eigenvalue weighted by atomic mass is 79.9. The number of carbonyl (C=O) groups is 2. The smallest absolute Gasteiger partial charge is 0.254 e. The molecule has 7 heteroatoms. The molecule has 0 spiro atoms. The highest BCUT2D eigenvalue weighted by Gasteiger charge is 2.24. The minimum Gasteiger partial charge on any atom is -0.329 e. The molecule has 0 atom stereocenters. The molecule has 0 aliphatic heterocycles. The monoisotopic (exact) mass is 558 g/mol. The number of benzene rings is 3. The Morgan fingerprint density at radius 3 is 2.41 bits per heavy atom. The molecule has 1 N–H and O–H groups in total. The van der Waals surface area contributed by atoms with Crippen LogP contribution in [0.1, 0.15) is 41.4 Å². The van der Waals surface area contributed by atoms with Crippen molar-refractivity contribution >= 4 is 33.6 Å². The van der Waals surface area contributed by atoms with Crippen molar-refractivity contribution in [1.29, 1.82) is 0 Å². The van der Waals surface area contributed by atoms with E-state index in [1.807, 2.05) is 80.6 Å². The Hall–Kier alpha value is -3.71. The molecule has 0 aliphatic rings. The fourth-order valence-electron chi connectivity index (χ4n) is 4.32. The first-order valence-corrected chi connectivity index (χ1v) is 13.2. The summed E-state index contributed by atoms with van der Waals surface area (Å²) in [6, 6.07) is 25.1. The highest BCUT2D eigenvalue weighted by Crippen LogP contribution is 2.34. The lowest BCUT2D eigenvalue weighted by Gasteiger charge is -2.23. The highest BCUT2D eigenvalue weighted by molar-refractivity contribution is 9.10. The standard InChI is InChI=1S/C30H31BrN4O2/c1-4-5-18-34(30(37)24-15-11-16-25(31)19-24)20-27(36)32-29-28(23-13-7-6-8-14-23)22(3)33-35(29)26-17-10-9-12-21(26)2/h6-17,19H,4-5,18,20H2,1-3H3,(H,32,36). The van der Waals surface area contributed by atoms with Crippen LogP contribution >= 0.6 is 15.9 Å². The summed E-state index contributed by atoms with van der Waals surface area (Å²) in [5.74, 6) is 0.150. The van der Waals surface area contributed by atoms with Gasteiger partial charge in [0.1, 0.15) is 12.4 Å². The number of anilines is 1. The number of aryl methyl sites for hydroxylation is 2. The van der Waals surface area contributed by atoms with Crippen molar-refractivity contribution in [2.75, 3.05) is 18.4 Å². The molecule has 1 aromatic heterocycles. The van der Waals surface area contributed by atoms with E-state index in [0.717, 1.165) is 45.4 Å². The number of rotatable bonds is 9. The van der Waals surface area contributed by atoms with Gasteiger partial charge in [0.2, 0.25) is 5.91 Å². The molecule has 1 heterocycles. The fraction of sp³-hybridized carbons (Fsp3) is 0.233. The number of unbranched alkanes of at least 4 members (excludes halogenated alkanes) is 1. The Kier molecular flexibility index (Phi) is 8.56. The maximum atomic E-state index is 13.5. The third kappa shape index (κ3) is 6.17. The number of nitrogens with zero attached hydrogens (tertiary/aromatic N) is 3. The van der Waals surface area contributed by atoms with Crippen LogP contribution in [-0.2, 0) is 4.79 Å². The second-order valence-electron chi connectivity index (χ2n) is 9.01. The largest absolute Gasteiger partial charge is 0.329 e. The van der Waals surface area contributed by atoms with Crippen molar-refractivity contribution in [3.8, 4) is 16.8 Å². The molecular weight excluding hydrogens is 528 g/mol. The zero-order chi connectivity index (χ0) is 26.4. The summed E-state index contributed by atoms with van der Waals surface area (Å²) < 4.78 is 2.61. The molecule has 0 fully saturated rings. The summed E-state index contributed by atoms with van der Waals surface area (Å²) >= 11 is 3.44. The van der Waals surface area contributed by atoms with E-state index in [1.165, 1.54) is 0 Å². The van der Waals surface area contributed by atoms with Crippen molar-refractivity contribution < 1.29 is 9.59 Å². The van der Waals surface area contributed by atoms with Crippen molar-refractivity contribution in [2.45, 2.75) is 33.6 Å². The second-order valence-corrected chi connectivity index (χ2v) is 9.93. The van der Waals surface area contributed by atoms with E-state index in [0.29, 0.717) is 17.9 Å². The van der Waals surface area contributed by atoms with Gasteiger partial charge in [0.05, 0.1) is 11.4 Å². The molecule has 4 aromatic rings. The summed E-state index contributed by atoms with van der Waals surface area (Å²) in [4.78, 5) is 28.4. The van der Waals surface area contributed by atoms with Crippen LogP contribution in [0.5, 0.6) is 0 Å². The molecule has 4 rings (SSSR count). The lowest BCUT2D eigenvalue weighted by atomic mass is 10.1. The maximum absolute atomic E-state index is 13.5. The molecule has 190 valence electrons. The van der Waals surface area contributed by atoms with E-state index in [9.17, 15) is 9.59 Å². The number of carbonyl (C=O) groups excluding carboxylic acids is 2. The van der Waals surface area contributed by atoms with E-state index in [1.54, 1.807) is 21.7 Å². The van der Waals surface area contributed by atoms with Crippen LogP contribution in [0.15, 0.2) is 83.3 Å². The normalized spacial score (nSPS) is 10.8. The number of halogens is 1. The third-order valence-corrected chi connectivity index (χ3v) is 6.69. The van der Waals surface area contributed by atoms with Crippen LogP contribution in [0.2, 0.25) is 0 Å². The molecule has 0 unspecified atom stereocenters. The Balaban J connectivity index is 1.69. The van der Waals surface area contributed by atoms with Gasteiger partial charge in [-0.3, -0.25) is 9.59 Å². The van der Waals surface area contributed by atoms with Gasteiger partial charge in [0.15, 0.2) is 0 Å². The van der Waals surface area contributed by atoms with E-state index in [-0.39, 0.29) is 18.4 Å². The van der Waals surface area contributed by atoms with Crippen LogP contribution < -0.4 is 5.32 Å². The summed E-state index contributed by atoms with van der Waals surface area (Å²) in [5.41, 5.74) is 5.09. The van der Waals surface area contributed by atoms with E-state index in [2.05, 4.69) is 28.2 Å². The van der Waals surface area contributed by atoms with Crippen molar-refractivity contribution in [2.24, 2.45) is 0 Å². The van der Waals surface area contributed by atoms with Crippen molar-refractivity contribution in [3.63, 3.8) is 0 Å². The van der Waals surface area contributed by atoms with E-state index >= 15 is 0 Å². The number of hydrogen-bond acceptors (Lipinski definition) is 3. The number of hydrogen-bond donors (Lipinski definition) is 1. The van der Waals surface area contributed by atoms with Gasteiger partial charge in [-0.15, -0.1) is 0 Å². The second kappa shape index (κ2) is 12.0. The molecule has 3 aromatic carbocycles. The summed E-state index contributed by atoms with van der Waals surface area (Å²) in [6.07, 6.45) is 1.73. The number of nitrogens with one attached hydrogen (secondary N) is 1. The van der Waals surface area contributed by atoms with Crippen LogP contribution in [-0.4, -0.2) is 39.6 Å². The lowest BCUT2D eigenvalue weighted by molar-refractivity contribution is -0.116. The molecule has 0 saturated heterocycles. The zero-order valence-corrected chi connectivity index (χ0v) is 23.0.